The molecule has 31 heavy (non-hydrogen) atoms. The summed E-state index contributed by atoms with van der Waals surface area (Å²) < 4.78 is 39.3. The van der Waals surface area contributed by atoms with Crippen molar-refractivity contribution in [2.24, 2.45) is 0 Å². The predicted molar refractivity (Wildman–Crippen MR) is 107 cm³/mol. The fraction of sp³-hybridized carbons (Fsp3) is 0.0455. The number of nitriles is 1. The summed E-state index contributed by atoms with van der Waals surface area (Å²) in [5.41, 5.74) is 0.939. The van der Waals surface area contributed by atoms with Gasteiger partial charge in [0, 0.05) is 11.4 Å². The molecule has 6 nitrogen and oxygen atoms in total. The Labute approximate surface area is 174 Å². The smallest absolute Gasteiger partial charge is 0.354 e. The number of nitrogens with one attached hydrogen (secondary N) is 3. The van der Waals surface area contributed by atoms with Crippen LogP contribution in [0.2, 0.25) is 0 Å². The molecule has 1 aliphatic heterocycles. The highest BCUT2D eigenvalue weighted by atomic mass is 19.4. The standard InChI is InChI=1S/C22H13F3N4O2/c23-22(24,25)13-2-1-3-15(10-13)28-19-17(27-14-6-4-12(11-26)5-7-14)9-8-16-18(19)21(31)29-20(16)30/h1-10,27-28H,(H,29,30,31). The molecule has 2 amide bonds. The molecule has 0 unspecified atom stereocenters. The fourth-order valence-corrected chi connectivity index (χ4v) is 3.20. The number of amides is 2. The molecule has 0 spiro atoms. The molecule has 0 aliphatic carbocycles. The van der Waals surface area contributed by atoms with Crippen LogP contribution in [0.5, 0.6) is 0 Å². The Morgan fingerprint density at radius 1 is 0.871 bits per heavy atom. The number of benzene rings is 3. The van der Waals surface area contributed by atoms with E-state index in [-0.39, 0.29) is 22.5 Å². The minimum Gasteiger partial charge on any atom is -0.354 e. The summed E-state index contributed by atoms with van der Waals surface area (Å²) in [5.74, 6) is -1.24. The van der Waals surface area contributed by atoms with Gasteiger partial charge in [-0.05, 0) is 54.6 Å². The topological polar surface area (TPSA) is 94.0 Å². The first-order chi connectivity index (χ1) is 14.8. The molecule has 0 saturated heterocycles. The number of halogens is 3. The Balaban J connectivity index is 1.78. The van der Waals surface area contributed by atoms with Gasteiger partial charge in [0.2, 0.25) is 0 Å². The SMILES string of the molecule is N#Cc1ccc(Nc2ccc3c(c2Nc2cccc(C(F)(F)F)c2)C(=O)NC3=O)cc1. The van der Waals surface area contributed by atoms with Crippen LogP contribution in [0.4, 0.5) is 35.9 Å². The summed E-state index contributed by atoms with van der Waals surface area (Å²) in [4.78, 5) is 24.4. The van der Waals surface area contributed by atoms with Crippen molar-refractivity contribution < 1.29 is 22.8 Å². The van der Waals surface area contributed by atoms with Gasteiger partial charge in [-0.1, -0.05) is 6.07 Å². The van der Waals surface area contributed by atoms with E-state index in [2.05, 4.69) is 16.0 Å². The molecule has 0 saturated carbocycles. The second-order valence-electron chi connectivity index (χ2n) is 6.71. The van der Waals surface area contributed by atoms with Crippen molar-refractivity contribution >= 4 is 34.6 Å². The lowest BCUT2D eigenvalue weighted by molar-refractivity contribution is -0.137. The Morgan fingerprint density at radius 2 is 1.61 bits per heavy atom. The number of nitrogens with zero attached hydrogens (tertiary/aromatic N) is 1. The molecular formula is C22H13F3N4O2. The lowest BCUT2D eigenvalue weighted by atomic mass is 10.0. The Morgan fingerprint density at radius 3 is 2.29 bits per heavy atom. The van der Waals surface area contributed by atoms with Crippen molar-refractivity contribution in [2.45, 2.75) is 6.18 Å². The molecule has 3 aromatic carbocycles. The van der Waals surface area contributed by atoms with Crippen molar-refractivity contribution in [1.29, 1.82) is 5.26 Å². The summed E-state index contributed by atoms with van der Waals surface area (Å²) in [6, 6.07) is 16.0. The van der Waals surface area contributed by atoms with Crippen LogP contribution in [-0.2, 0) is 6.18 Å². The number of imide groups is 1. The number of hydrogen-bond acceptors (Lipinski definition) is 5. The van der Waals surface area contributed by atoms with Crippen LogP contribution in [0.3, 0.4) is 0 Å². The largest absolute Gasteiger partial charge is 0.416 e. The first kappa shape index (κ1) is 20.0. The average molecular weight is 422 g/mol. The van der Waals surface area contributed by atoms with Crippen LogP contribution in [0.1, 0.15) is 31.8 Å². The third-order valence-electron chi connectivity index (χ3n) is 4.66. The normalized spacial score (nSPS) is 12.7. The van der Waals surface area contributed by atoms with E-state index < -0.39 is 23.6 Å². The Kier molecular flexibility index (Phi) is 4.83. The number of hydrogen-bond donors (Lipinski definition) is 3. The van der Waals surface area contributed by atoms with Crippen molar-refractivity contribution in [2.75, 3.05) is 10.6 Å². The van der Waals surface area contributed by atoms with Crippen LogP contribution in [0.25, 0.3) is 0 Å². The summed E-state index contributed by atoms with van der Waals surface area (Å²) in [7, 11) is 0. The van der Waals surface area contributed by atoms with E-state index in [1.165, 1.54) is 18.2 Å². The van der Waals surface area contributed by atoms with Gasteiger partial charge in [-0.2, -0.15) is 18.4 Å². The molecule has 0 fully saturated rings. The molecule has 3 aromatic rings. The van der Waals surface area contributed by atoms with Gasteiger partial charge < -0.3 is 10.6 Å². The number of rotatable bonds is 4. The number of alkyl halides is 3. The minimum atomic E-state index is -4.53. The van der Waals surface area contributed by atoms with E-state index in [4.69, 9.17) is 5.26 Å². The number of carbonyl (C=O) groups is 2. The molecule has 154 valence electrons. The van der Waals surface area contributed by atoms with E-state index in [9.17, 15) is 22.8 Å². The van der Waals surface area contributed by atoms with Gasteiger partial charge in [0.05, 0.1) is 39.7 Å². The lowest BCUT2D eigenvalue weighted by Gasteiger charge is -2.17. The molecule has 1 heterocycles. The fourth-order valence-electron chi connectivity index (χ4n) is 3.20. The van der Waals surface area contributed by atoms with Gasteiger partial charge in [-0.25, -0.2) is 0 Å². The maximum Gasteiger partial charge on any atom is 0.416 e. The highest BCUT2D eigenvalue weighted by molar-refractivity contribution is 6.25. The second-order valence-corrected chi connectivity index (χ2v) is 6.71. The molecule has 4 rings (SSSR count). The van der Waals surface area contributed by atoms with Gasteiger partial charge in [-0.15, -0.1) is 0 Å². The van der Waals surface area contributed by atoms with E-state index in [1.54, 1.807) is 30.3 Å². The maximum absolute atomic E-state index is 13.1. The van der Waals surface area contributed by atoms with E-state index >= 15 is 0 Å². The average Bonchev–Trinajstić information content (AvgIpc) is 3.03. The van der Waals surface area contributed by atoms with Crippen LogP contribution in [-0.4, -0.2) is 11.8 Å². The summed E-state index contributed by atoms with van der Waals surface area (Å²) in [6.07, 6.45) is -4.53. The molecule has 3 N–H and O–H groups in total. The molecule has 0 bridgehead atoms. The molecule has 9 heteroatoms. The van der Waals surface area contributed by atoms with Crippen LogP contribution >= 0.6 is 0 Å². The van der Waals surface area contributed by atoms with E-state index in [0.717, 1.165) is 12.1 Å². The maximum atomic E-state index is 13.1. The van der Waals surface area contributed by atoms with Crippen molar-refractivity contribution in [3.05, 3.63) is 82.9 Å². The summed E-state index contributed by atoms with van der Waals surface area (Å²) in [5, 5.41) is 17.0. The Hall–Kier alpha value is -4.32. The molecule has 0 aromatic heterocycles. The van der Waals surface area contributed by atoms with Crippen LogP contribution < -0.4 is 16.0 Å². The summed E-state index contributed by atoms with van der Waals surface area (Å²) >= 11 is 0. The zero-order valence-electron chi connectivity index (χ0n) is 15.7. The van der Waals surface area contributed by atoms with Crippen LogP contribution in [0, 0.1) is 11.3 Å². The van der Waals surface area contributed by atoms with Crippen molar-refractivity contribution in [3.8, 4) is 6.07 Å². The predicted octanol–water partition coefficient (Wildman–Crippen LogP) is 4.95. The summed E-state index contributed by atoms with van der Waals surface area (Å²) in [6.45, 7) is 0. The quantitative estimate of drug-likeness (QED) is 0.518. The zero-order chi connectivity index (χ0) is 22.2. The van der Waals surface area contributed by atoms with Gasteiger partial charge in [0.15, 0.2) is 0 Å². The Bertz CT molecular complexity index is 1250. The highest BCUT2D eigenvalue weighted by Gasteiger charge is 2.33. The van der Waals surface area contributed by atoms with E-state index in [1.807, 2.05) is 6.07 Å². The van der Waals surface area contributed by atoms with Gasteiger partial charge >= 0.3 is 6.18 Å². The second kappa shape index (κ2) is 7.50. The van der Waals surface area contributed by atoms with Crippen molar-refractivity contribution in [3.63, 3.8) is 0 Å². The number of carbonyl (C=O) groups excluding carboxylic acids is 2. The lowest BCUT2D eigenvalue weighted by Crippen LogP contribution is -2.20. The van der Waals surface area contributed by atoms with Crippen molar-refractivity contribution in [1.82, 2.24) is 5.32 Å². The monoisotopic (exact) mass is 422 g/mol. The highest BCUT2D eigenvalue weighted by Crippen LogP contribution is 2.37. The zero-order valence-corrected chi connectivity index (χ0v) is 15.7. The molecular weight excluding hydrogens is 409 g/mol. The minimum absolute atomic E-state index is 0.0288. The first-order valence-electron chi connectivity index (χ1n) is 9.00. The third kappa shape index (κ3) is 3.91. The number of anilines is 4. The van der Waals surface area contributed by atoms with Gasteiger partial charge in [0.25, 0.3) is 11.8 Å². The van der Waals surface area contributed by atoms with Gasteiger partial charge in [0.1, 0.15) is 0 Å². The van der Waals surface area contributed by atoms with Gasteiger partial charge in [-0.3, -0.25) is 14.9 Å². The molecule has 0 radical (unpaired) electrons. The third-order valence-corrected chi connectivity index (χ3v) is 4.66. The van der Waals surface area contributed by atoms with E-state index in [0.29, 0.717) is 16.9 Å². The molecule has 1 aliphatic rings. The number of fused-ring (bicyclic) bond motifs is 1. The van der Waals surface area contributed by atoms with Crippen LogP contribution in [0.15, 0.2) is 60.7 Å². The first-order valence-corrected chi connectivity index (χ1v) is 9.00. The molecule has 0 atom stereocenters.